The Kier molecular flexibility index (Phi) is 1.79. The van der Waals surface area contributed by atoms with Crippen LogP contribution in [0.3, 0.4) is 0 Å². The van der Waals surface area contributed by atoms with Gasteiger partial charge in [-0.15, -0.1) is 0 Å². The number of hydrogen-bond acceptors (Lipinski definition) is 5. The maximum atomic E-state index is 8.82. The minimum absolute atomic E-state index is 0.355. The van der Waals surface area contributed by atoms with Crippen LogP contribution >= 0.6 is 11.5 Å². The first-order valence-electron chi connectivity index (χ1n) is 4.66. The molecule has 1 aliphatic rings. The van der Waals surface area contributed by atoms with Crippen molar-refractivity contribution < 1.29 is 0 Å². The van der Waals surface area contributed by atoms with Gasteiger partial charge in [-0.3, -0.25) is 4.57 Å². The predicted molar refractivity (Wildman–Crippen MR) is 53.7 cm³/mol. The maximum absolute atomic E-state index is 8.82. The molecule has 2 aromatic heterocycles. The number of imidazole rings is 1. The summed E-state index contributed by atoms with van der Waals surface area (Å²) in [6.45, 7) is 0. The fraction of sp³-hybridized carbons (Fsp3) is 0.333. The molecule has 3 rings (SSSR count). The third-order valence-electron chi connectivity index (χ3n) is 2.32. The van der Waals surface area contributed by atoms with Crippen LogP contribution in [-0.2, 0) is 0 Å². The van der Waals surface area contributed by atoms with Gasteiger partial charge in [0.15, 0.2) is 0 Å². The maximum Gasteiger partial charge on any atom is 0.219 e. The molecule has 0 unspecified atom stereocenters. The summed E-state index contributed by atoms with van der Waals surface area (Å²) in [5.41, 5.74) is 0. The minimum Gasteiger partial charge on any atom is -0.265 e. The van der Waals surface area contributed by atoms with E-state index in [4.69, 9.17) is 5.26 Å². The predicted octanol–water partition coefficient (Wildman–Crippen LogP) is 1.47. The van der Waals surface area contributed by atoms with Crippen molar-refractivity contribution in [2.45, 2.75) is 18.8 Å². The van der Waals surface area contributed by atoms with Crippen LogP contribution in [0.1, 0.15) is 30.4 Å². The van der Waals surface area contributed by atoms with Crippen LogP contribution in [0.15, 0.2) is 12.4 Å². The molecule has 5 nitrogen and oxygen atoms in total. The highest BCUT2D eigenvalue weighted by atomic mass is 32.1. The summed E-state index contributed by atoms with van der Waals surface area (Å²) in [6.07, 6.45) is 5.70. The summed E-state index contributed by atoms with van der Waals surface area (Å²) >= 11 is 1.32. The fourth-order valence-corrected chi connectivity index (χ4v) is 2.11. The molecule has 0 aromatic carbocycles. The van der Waals surface area contributed by atoms with Gasteiger partial charge < -0.3 is 0 Å². The molecule has 0 radical (unpaired) electrons. The van der Waals surface area contributed by atoms with E-state index in [9.17, 15) is 0 Å². The zero-order valence-corrected chi connectivity index (χ0v) is 8.61. The van der Waals surface area contributed by atoms with Crippen molar-refractivity contribution in [3.8, 4) is 11.2 Å². The summed E-state index contributed by atoms with van der Waals surface area (Å²) in [5.74, 6) is 1.81. The normalized spacial score (nSPS) is 15.1. The summed E-state index contributed by atoms with van der Waals surface area (Å²) in [6, 6.07) is 2.02. The molecule has 0 saturated heterocycles. The Bertz CT molecular complexity index is 531. The van der Waals surface area contributed by atoms with Crippen molar-refractivity contribution in [1.82, 2.24) is 18.9 Å². The molecule has 0 spiro atoms. The van der Waals surface area contributed by atoms with Gasteiger partial charge in [0.2, 0.25) is 11.0 Å². The molecule has 0 atom stereocenters. The SMILES string of the molecule is N#Cc1nccn1-c1nc(C2CC2)ns1. The number of aromatic nitrogens is 4. The van der Waals surface area contributed by atoms with Crippen LogP contribution in [0.25, 0.3) is 5.13 Å². The Morgan fingerprint density at radius 1 is 1.53 bits per heavy atom. The van der Waals surface area contributed by atoms with E-state index in [0.29, 0.717) is 11.7 Å². The van der Waals surface area contributed by atoms with Crippen molar-refractivity contribution in [1.29, 1.82) is 5.26 Å². The van der Waals surface area contributed by atoms with Crippen LogP contribution in [0, 0.1) is 11.3 Å². The molecule has 2 aromatic rings. The number of nitriles is 1. The molecular formula is C9H7N5S. The Hall–Kier alpha value is -1.74. The summed E-state index contributed by atoms with van der Waals surface area (Å²) in [7, 11) is 0. The lowest BCUT2D eigenvalue weighted by Crippen LogP contribution is -1.95. The Labute approximate surface area is 90.2 Å². The van der Waals surface area contributed by atoms with Crippen molar-refractivity contribution in [3.05, 3.63) is 24.0 Å². The van der Waals surface area contributed by atoms with Crippen LogP contribution in [0.2, 0.25) is 0 Å². The van der Waals surface area contributed by atoms with Gasteiger partial charge in [-0.25, -0.2) is 9.97 Å². The second kappa shape index (κ2) is 3.14. The van der Waals surface area contributed by atoms with Crippen molar-refractivity contribution >= 4 is 11.5 Å². The highest BCUT2D eigenvalue weighted by Crippen LogP contribution is 2.39. The molecule has 74 valence electrons. The first-order chi connectivity index (χ1) is 7.38. The Morgan fingerprint density at radius 2 is 2.40 bits per heavy atom. The lowest BCUT2D eigenvalue weighted by atomic mass is 10.4. The van der Waals surface area contributed by atoms with Gasteiger partial charge in [0, 0.05) is 29.8 Å². The van der Waals surface area contributed by atoms with Gasteiger partial charge in [-0.1, -0.05) is 0 Å². The van der Waals surface area contributed by atoms with Crippen LogP contribution in [0.5, 0.6) is 0 Å². The van der Waals surface area contributed by atoms with E-state index in [1.807, 2.05) is 6.07 Å². The third-order valence-corrected chi connectivity index (χ3v) is 3.05. The Morgan fingerprint density at radius 3 is 3.13 bits per heavy atom. The van der Waals surface area contributed by atoms with E-state index in [0.717, 1.165) is 11.0 Å². The average Bonchev–Trinajstić information content (AvgIpc) is 2.83. The third kappa shape index (κ3) is 1.41. The number of hydrogen-bond donors (Lipinski definition) is 0. The zero-order valence-electron chi connectivity index (χ0n) is 7.79. The van der Waals surface area contributed by atoms with E-state index in [-0.39, 0.29) is 0 Å². The lowest BCUT2D eigenvalue weighted by Gasteiger charge is -1.94. The van der Waals surface area contributed by atoms with Crippen LogP contribution in [-0.4, -0.2) is 18.9 Å². The first kappa shape index (κ1) is 8.56. The molecule has 6 heteroatoms. The second-order valence-corrected chi connectivity index (χ2v) is 4.17. The van der Waals surface area contributed by atoms with Gasteiger partial charge in [0.05, 0.1) is 0 Å². The quantitative estimate of drug-likeness (QED) is 0.764. The zero-order chi connectivity index (χ0) is 10.3. The van der Waals surface area contributed by atoms with E-state index in [1.54, 1.807) is 17.0 Å². The minimum atomic E-state index is 0.355. The Balaban J connectivity index is 2.01. The summed E-state index contributed by atoms with van der Waals surface area (Å²) in [5, 5.41) is 9.55. The molecule has 15 heavy (non-hydrogen) atoms. The van der Waals surface area contributed by atoms with E-state index in [2.05, 4.69) is 14.3 Å². The number of rotatable bonds is 2. The lowest BCUT2D eigenvalue weighted by molar-refractivity contribution is 0.935. The van der Waals surface area contributed by atoms with E-state index >= 15 is 0 Å². The van der Waals surface area contributed by atoms with Gasteiger partial charge >= 0.3 is 0 Å². The molecule has 1 fully saturated rings. The van der Waals surface area contributed by atoms with Gasteiger partial charge in [-0.05, 0) is 12.8 Å². The van der Waals surface area contributed by atoms with Crippen molar-refractivity contribution in [3.63, 3.8) is 0 Å². The van der Waals surface area contributed by atoms with Gasteiger partial charge in [0.1, 0.15) is 11.9 Å². The molecule has 1 aliphatic carbocycles. The highest BCUT2D eigenvalue weighted by Gasteiger charge is 2.28. The van der Waals surface area contributed by atoms with E-state index in [1.165, 1.54) is 24.4 Å². The van der Waals surface area contributed by atoms with Crippen molar-refractivity contribution in [2.75, 3.05) is 0 Å². The molecular weight excluding hydrogens is 210 g/mol. The first-order valence-corrected chi connectivity index (χ1v) is 5.43. The van der Waals surface area contributed by atoms with Crippen LogP contribution < -0.4 is 0 Å². The van der Waals surface area contributed by atoms with Crippen LogP contribution in [0.4, 0.5) is 0 Å². The molecule has 0 aliphatic heterocycles. The molecule has 0 N–H and O–H groups in total. The highest BCUT2D eigenvalue weighted by molar-refractivity contribution is 7.08. The molecule has 0 amide bonds. The standard InChI is InChI=1S/C9H7N5S/c10-5-7-11-3-4-14(7)9-12-8(13-15-9)6-1-2-6/h3-4,6H,1-2H2. The summed E-state index contributed by atoms with van der Waals surface area (Å²) < 4.78 is 5.95. The second-order valence-electron chi connectivity index (χ2n) is 3.44. The average molecular weight is 217 g/mol. The largest absolute Gasteiger partial charge is 0.265 e. The molecule has 1 saturated carbocycles. The van der Waals surface area contributed by atoms with Gasteiger partial charge in [-0.2, -0.15) is 9.64 Å². The summed E-state index contributed by atoms with van der Waals surface area (Å²) in [4.78, 5) is 8.32. The van der Waals surface area contributed by atoms with Crippen molar-refractivity contribution in [2.24, 2.45) is 0 Å². The molecule has 0 bridgehead atoms. The fourth-order valence-electron chi connectivity index (χ4n) is 1.37. The van der Waals surface area contributed by atoms with Gasteiger partial charge in [0.25, 0.3) is 0 Å². The monoisotopic (exact) mass is 217 g/mol. The molecule has 2 heterocycles. The smallest absolute Gasteiger partial charge is 0.219 e. The number of nitrogens with zero attached hydrogens (tertiary/aromatic N) is 5. The van der Waals surface area contributed by atoms with E-state index < -0.39 is 0 Å². The topological polar surface area (TPSA) is 67.4 Å².